The molecular weight excluding hydrogens is 290 g/mol. The topological polar surface area (TPSA) is 44.8 Å². The highest BCUT2D eigenvalue weighted by Gasteiger charge is 2.23. The van der Waals surface area contributed by atoms with Crippen LogP contribution in [0, 0.1) is 5.92 Å². The summed E-state index contributed by atoms with van der Waals surface area (Å²) in [5, 5.41) is 3.09. The van der Waals surface area contributed by atoms with E-state index in [0.29, 0.717) is 6.54 Å². The van der Waals surface area contributed by atoms with Crippen molar-refractivity contribution in [2.45, 2.75) is 19.4 Å². The van der Waals surface area contributed by atoms with Gasteiger partial charge in [-0.3, -0.25) is 4.79 Å². The fourth-order valence-electron chi connectivity index (χ4n) is 3.36. The van der Waals surface area contributed by atoms with Gasteiger partial charge in [0.05, 0.1) is 19.1 Å². The van der Waals surface area contributed by atoms with Gasteiger partial charge >= 0.3 is 0 Å². The third kappa shape index (κ3) is 4.45. The number of carbonyl (C=O) groups is 1. The molecule has 1 aromatic rings. The van der Waals surface area contributed by atoms with Crippen molar-refractivity contribution in [1.82, 2.24) is 10.2 Å². The number of hydrogen-bond acceptors (Lipinski definition) is 4. The smallest absolute Gasteiger partial charge is 0.224 e. The fourth-order valence-corrected chi connectivity index (χ4v) is 3.36. The van der Waals surface area contributed by atoms with Crippen LogP contribution in [0.15, 0.2) is 24.3 Å². The molecule has 0 bridgehead atoms. The first-order valence-electron chi connectivity index (χ1n) is 8.60. The van der Waals surface area contributed by atoms with E-state index in [1.807, 2.05) is 0 Å². The first-order chi connectivity index (χ1) is 11.2. The van der Waals surface area contributed by atoms with Gasteiger partial charge in [0.15, 0.2) is 0 Å². The summed E-state index contributed by atoms with van der Waals surface area (Å²) in [7, 11) is 2.09. The minimum atomic E-state index is 0.140. The Bertz CT molecular complexity index is 512. The van der Waals surface area contributed by atoms with Crippen LogP contribution in [0.25, 0.3) is 0 Å². The van der Waals surface area contributed by atoms with E-state index >= 15 is 0 Å². The predicted octanol–water partition coefficient (Wildman–Crippen LogP) is 1.48. The Morgan fingerprint density at radius 2 is 1.96 bits per heavy atom. The molecule has 0 spiro atoms. The number of nitrogens with zero attached hydrogens (tertiary/aromatic N) is 2. The van der Waals surface area contributed by atoms with Gasteiger partial charge in [-0.1, -0.05) is 12.1 Å². The molecule has 23 heavy (non-hydrogen) atoms. The number of likely N-dealkylation sites (tertiary alicyclic amines) is 1. The zero-order valence-electron chi connectivity index (χ0n) is 14.0. The van der Waals surface area contributed by atoms with E-state index in [1.54, 1.807) is 0 Å². The van der Waals surface area contributed by atoms with Crippen molar-refractivity contribution in [2.75, 3.05) is 51.3 Å². The number of morpholine rings is 1. The molecule has 0 saturated carbocycles. The zero-order valence-corrected chi connectivity index (χ0v) is 14.0. The number of anilines is 1. The Morgan fingerprint density at radius 1 is 1.22 bits per heavy atom. The van der Waals surface area contributed by atoms with Gasteiger partial charge in [-0.2, -0.15) is 0 Å². The third-order valence-corrected chi connectivity index (χ3v) is 4.77. The molecule has 2 aliphatic heterocycles. The number of carbonyl (C=O) groups excluding carboxylic acids is 1. The molecule has 126 valence electrons. The summed E-state index contributed by atoms with van der Waals surface area (Å²) in [5.41, 5.74) is 2.39. The standard InChI is InChI=1S/C18H27N3O2/c1-20-8-2-3-16(14-20)18(22)19-13-15-4-6-17(7-5-15)21-9-11-23-12-10-21/h4-7,16H,2-3,8-14H2,1H3,(H,19,22). The van der Waals surface area contributed by atoms with E-state index < -0.39 is 0 Å². The average Bonchev–Trinajstić information content (AvgIpc) is 2.61. The van der Waals surface area contributed by atoms with Crippen LogP contribution in [-0.4, -0.2) is 57.2 Å². The molecule has 0 aromatic heterocycles. The molecule has 2 fully saturated rings. The van der Waals surface area contributed by atoms with Crippen LogP contribution in [0.1, 0.15) is 18.4 Å². The van der Waals surface area contributed by atoms with Crippen LogP contribution in [0.3, 0.4) is 0 Å². The molecule has 1 unspecified atom stereocenters. The van der Waals surface area contributed by atoms with Gasteiger partial charge in [0.2, 0.25) is 5.91 Å². The van der Waals surface area contributed by atoms with Crippen LogP contribution >= 0.6 is 0 Å². The summed E-state index contributed by atoms with van der Waals surface area (Å²) in [6.07, 6.45) is 2.12. The first kappa shape index (κ1) is 16.3. The maximum absolute atomic E-state index is 12.3. The number of rotatable bonds is 4. The van der Waals surface area contributed by atoms with Crippen LogP contribution < -0.4 is 10.2 Å². The Balaban J connectivity index is 1.49. The molecule has 5 nitrogen and oxygen atoms in total. The molecule has 2 saturated heterocycles. The normalized spacial score (nSPS) is 22.8. The monoisotopic (exact) mass is 317 g/mol. The van der Waals surface area contributed by atoms with Gasteiger partial charge in [0.25, 0.3) is 0 Å². The number of amides is 1. The first-order valence-corrected chi connectivity index (χ1v) is 8.60. The molecule has 2 heterocycles. The van der Waals surface area contributed by atoms with Gasteiger partial charge in [-0.15, -0.1) is 0 Å². The highest BCUT2D eigenvalue weighted by Crippen LogP contribution is 2.18. The lowest BCUT2D eigenvalue weighted by Gasteiger charge is -2.29. The minimum absolute atomic E-state index is 0.140. The summed E-state index contributed by atoms with van der Waals surface area (Å²) in [4.78, 5) is 16.8. The van der Waals surface area contributed by atoms with Crippen LogP contribution in [0.2, 0.25) is 0 Å². The van der Waals surface area contributed by atoms with E-state index in [-0.39, 0.29) is 11.8 Å². The van der Waals surface area contributed by atoms with Gasteiger partial charge in [-0.05, 0) is 44.1 Å². The SMILES string of the molecule is CN1CCCC(C(=O)NCc2ccc(N3CCOCC3)cc2)C1. The van der Waals surface area contributed by atoms with E-state index in [2.05, 4.69) is 46.4 Å². The Morgan fingerprint density at radius 3 is 2.65 bits per heavy atom. The largest absolute Gasteiger partial charge is 0.378 e. The van der Waals surface area contributed by atoms with Gasteiger partial charge < -0.3 is 19.9 Å². The highest BCUT2D eigenvalue weighted by atomic mass is 16.5. The van der Waals surface area contributed by atoms with Crippen molar-refractivity contribution in [3.63, 3.8) is 0 Å². The Labute approximate surface area is 138 Å². The lowest BCUT2D eigenvalue weighted by atomic mass is 9.97. The third-order valence-electron chi connectivity index (χ3n) is 4.77. The maximum Gasteiger partial charge on any atom is 0.224 e. The lowest BCUT2D eigenvalue weighted by Crippen LogP contribution is -2.41. The average molecular weight is 317 g/mol. The Hall–Kier alpha value is -1.59. The molecule has 2 aliphatic rings. The summed E-state index contributed by atoms with van der Waals surface area (Å²) in [6, 6.07) is 8.50. The van der Waals surface area contributed by atoms with Crippen LogP contribution in [0.5, 0.6) is 0 Å². The van der Waals surface area contributed by atoms with Crippen molar-refractivity contribution in [1.29, 1.82) is 0 Å². The number of benzene rings is 1. The lowest BCUT2D eigenvalue weighted by molar-refractivity contribution is -0.126. The van der Waals surface area contributed by atoms with Crippen molar-refractivity contribution in [3.8, 4) is 0 Å². The quantitative estimate of drug-likeness (QED) is 0.914. The predicted molar refractivity (Wildman–Crippen MR) is 91.5 cm³/mol. The summed E-state index contributed by atoms with van der Waals surface area (Å²) in [5.74, 6) is 0.329. The summed E-state index contributed by atoms with van der Waals surface area (Å²) >= 11 is 0. The van der Waals surface area contributed by atoms with Crippen molar-refractivity contribution in [3.05, 3.63) is 29.8 Å². The number of piperidine rings is 1. The molecule has 3 rings (SSSR count). The number of hydrogen-bond donors (Lipinski definition) is 1. The summed E-state index contributed by atoms with van der Waals surface area (Å²) in [6.45, 7) is 6.09. The second-order valence-electron chi connectivity index (χ2n) is 6.59. The molecular formula is C18H27N3O2. The molecule has 0 aliphatic carbocycles. The van der Waals surface area contributed by atoms with Gasteiger partial charge in [-0.25, -0.2) is 0 Å². The Kier molecular flexibility index (Phi) is 5.51. The van der Waals surface area contributed by atoms with E-state index in [0.717, 1.165) is 57.8 Å². The van der Waals surface area contributed by atoms with E-state index in [1.165, 1.54) is 5.69 Å². The van der Waals surface area contributed by atoms with Crippen molar-refractivity contribution < 1.29 is 9.53 Å². The van der Waals surface area contributed by atoms with Crippen LogP contribution in [-0.2, 0) is 16.1 Å². The zero-order chi connectivity index (χ0) is 16.1. The maximum atomic E-state index is 12.3. The molecule has 1 N–H and O–H groups in total. The van der Waals surface area contributed by atoms with Crippen LogP contribution in [0.4, 0.5) is 5.69 Å². The van der Waals surface area contributed by atoms with Gasteiger partial charge in [0, 0.05) is 31.9 Å². The molecule has 1 amide bonds. The van der Waals surface area contributed by atoms with Crippen molar-refractivity contribution >= 4 is 11.6 Å². The van der Waals surface area contributed by atoms with E-state index in [4.69, 9.17) is 4.74 Å². The second kappa shape index (κ2) is 7.79. The minimum Gasteiger partial charge on any atom is -0.378 e. The van der Waals surface area contributed by atoms with E-state index in [9.17, 15) is 4.79 Å². The van der Waals surface area contributed by atoms with Crippen molar-refractivity contribution in [2.24, 2.45) is 5.92 Å². The number of ether oxygens (including phenoxy) is 1. The number of nitrogens with one attached hydrogen (secondary N) is 1. The fraction of sp³-hybridized carbons (Fsp3) is 0.611. The highest BCUT2D eigenvalue weighted by molar-refractivity contribution is 5.79. The molecule has 1 atom stereocenters. The molecule has 0 radical (unpaired) electrons. The van der Waals surface area contributed by atoms with Gasteiger partial charge in [0.1, 0.15) is 0 Å². The second-order valence-corrected chi connectivity index (χ2v) is 6.59. The molecule has 5 heteroatoms. The molecule has 1 aromatic carbocycles. The summed E-state index contributed by atoms with van der Waals surface area (Å²) < 4.78 is 5.38.